The largest absolute Gasteiger partial charge is 0.360 e. The predicted octanol–water partition coefficient (Wildman–Crippen LogP) is 3.28. The second-order valence-electron chi connectivity index (χ2n) is 6.08. The Morgan fingerprint density at radius 3 is 2.47 bits per heavy atom. The van der Waals surface area contributed by atoms with Crippen LogP contribution in [0.4, 0.5) is 0 Å². The van der Waals surface area contributed by atoms with Gasteiger partial charge in [-0.3, -0.25) is 4.99 Å². The fraction of sp³-hybridized carbons (Fsp3) is 0.917. The van der Waals surface area contributed by atoms with Crippen molar-refractivity contribution in [3.05, 3.63) is 0 Å². The first kappa shape index (κ1) is 12.9. The molecular weight excluding hydrogens is 204 g/mol. The summed E-state index contributed by atoms with van der Waals surface area (Å²) in [4.78, 5) is 4.77. The molecule has 1 atom stereocenters. The second-order valence-corrected chi connectivity index (χ2v) is 7.17. The number of thioether (sulfide) groups is 1. The zero-order valence-corrected chi connectivity index (χ0v) is 11.7. The monoisotopic (exact) mass is 228 g/mol. The van der Waals surface area contributed by atoms with Gasteiger partial charge in [0.25, 0.3) is 0 Å². The van der Waals surface area contributed by atoms with Gasteiger partial charge >= 0.3 is 0 Å². The lowest BCUT2D eigenvalue weighted by Gasteiger charge is -2.34. The average molecular weight is 228 g/mol. The highest BCUT2D eigenvalue weighted by Crippen LogP contribution is 2.26. The van der Waals surface area contributed by atoms with Gasteiger partial charge in [-0.25, -0.2) is 0 Å². The highest BCUT2D eigenvalue weighted by Gasteiger charge is 2.26. The molecule has 0 bridgehead atoms. The third-order valence-corrected chi connectivity index (χ3v) is 3.86. The molecule has 1 rings (SSSR count). The minimum atomic E-state index is 0.210. The third-order valence-electron chi connectivity index (χ3n) is 2.98. The number of amidine groups is 1. The second kappa shape index (κ2) is 4.36. The van der Waals surface area contributed by atoms with Crippen molar-refractivity contribution in [1.82, 2.24) is 5.32 Å². The normalized spacial score (nSPS) is 26.1. The molecule has 88 valence electrons. The van der Waals surface area contributed by atoms with Crippen LogP contribution in [0.3, 0.4) is 0 Å². The van der Waals surface area contributed by atoms with Gasteiger partial charge in [0, 0.05) is 11.3 Å². The van der Waals surface area contributed by atoms with E-state index in [4.69, 9.17) is 4.99 Å². The molecule has 1 unspecified atom stereocenters. The maximum absolute atomic E-state index is 4.77. The van der Waals surface area contributed by atoms with Crippen LogP contribution < -0.4 is 5.32 Å². The van der Waals surface area contributed by atoms with Crippen molar-refractivity contribution >= 4 is 16.9 Å². The van der Waals surface area contributed by atoms with Gasteiger partial charge in [-0.15, -0.1) is 0 Å². The molecule has 15 heavy (non-hydrogen) atoms. The Morgan fingerprint density at radius 2 is 2.00 bits per heavy atom. The molecule has 2 nitrogen and oxygen atoms in total. The van der Waals surface area contributed by atoms with E-state index in [0.29, 0.717) is 6.04 Å². The molecule has 0 radical (unpaired) electrons. The van der Waals surface area contributed by atoms with Gasteiger partial charge in [0.05, 0.1) is 6.04 Å². The lowest BCUT2D eigenvalue weighted by Crippen LogP contribution is -2.46. The maximum Gasteiger partial charge on any atom is 0.157 e. The van der Waals surface area contributed by atoms with E-state index in [0.717, 1.165) is 5.17 Å². The number of rotatable bonds is 1. The Hall–Kier alpha value is -0.180. The smallest absolute Gasteiger partial charge is 0.157 e. The van der Waals surface area contributed by atoms with E-state index in [1.165, 1.54) is 12.2 Å². The highest BCUT2D eigenvalue weighted by molar-refractivity contribution is 8.13. The van der Waals surface area contributed by atoms with Gasteiger partial charge in [0.2, 0.25) is 0 Å². The van der Waals surface area contributed by atoms with Gasteiger partial charge in [-0.1, -0.05) is 32.5 Å². The Bertz CT molecular complexity index is 251. The van der Waals surface area contributed by atoms with Gasteiger partial charge in [-0.05, 0) is 32.6 Å². The maximum atomic E-state index is 4.77. The summed E-state index contributed by atoms with van der Waals surface area (Å²) in [6.45, 7) is 13.4. The van der Waals surface area contributed by atoms with Crippen LogP contribution in [-0.2, 0) is 0 Å². The molecule has 0 aromatic rings. The minimum absolute atomic E-state index is 0.210. The molecule has 0 spiro atoms. The van der Waals surface area contributed by atoms with E-state index in [-0.39, 0.29) is 11.0 Å². The number of aliphatic imine (C=N–C) groups is 1. The van der Waals surface area contributed by atoms with Crippen LogP contribution in [0, 0.1) is 5.41 Å². The molecule has 1 heterocycles. The van der Waals surface area contributed by atoms with Crippen molar-refractivity contribution < 1.29 is 0 Å². The summed E-state index contributed by atoms with van der Waals surface area (Å²) < 4.78 is 0. The van der Waals surface area contributed by atoms with Crippen molar-refractivity contribution in [2.45, 2.75) is 59.5 Å². The van der Waals surface area contributed by atoms with E-state index in [1.54, 1.807) is 0 Å². The zero-order valence-electron chi connectivity index (χ0n) is 10.8. The first-order chi connectivity index (χ1) is 6.71. The predicted molar refractivity (Wildman–Crippen MR) is 70.6 cm³/mol. The standard InChI is InChI=1S/C12H24N2S/c1-9(11(2,3)4)13-10-14-12(5,6)7-8-15-10/h9H,7-8H2,1-6H3,(H,13,14). The fourth-order valence-electron chi connectivity index (χ4n) is 1.23. The minimum Gasteiger partial charge on any atom is -0.360 e. The van der Waals surface area contributed by atoms with Crippen molar-refractivity contribution in [2.24, 2.45) is 10.4 Å². The summed E-state index contributed by atoms with van der Waals surface area (Å²) in [7, 11) is 0. The van der Waals surface area contributed by atoms with Crippen LogP contribution in [0.2, 0.25) is 0 Å². The van der Waals surface area contributed by atoms with Crippen molar-refractivity contribution in [3.8, 4) is 0 Å². The summed E-state index contributed by atoms with van der Waals surface area (Å²) >= 11 is 1.85. The van der Waals surface area contributed by atoms with E-state index in [2.05, 4.69) is 46.9 Å². The molecule has 1 saturated heterocycles. The summed E-state index contributed by atoms with van der Waals surface area (Å²) in [5, 5.41) is 4.63. The summed E-state index contributed by atoms with van der Waals surface area (Å²) in [5.41, 5.74) is 0.457. The van der Waals surface area contributed by atoms with Crippen molar-refractivity contribution in [2.75, 3.05) is 5.75 Å². The molecule has 0 aromatic heterocycles. The van der Waals surface area contributed by atoms with Gasteiger partial charge in [0.15, 0.2) is 5.17 Å². The lowest BCUT2D eigenvalue weighted by molar-refractivity contribution is 0.340. The molecule has 1 N–H and O–H groups in total. The van der Waals surface area contributed by atoms with Crippen LogP contribution >= 0.6 is 11.8 Å². The van der Waals surface area contributed by atoms with E-state index in [9.17, 15) is 0 Å². The summed E-state index contributed by atoms with van der Waals surface area (Å²) in [6.07, 6.45) is 1.21. The summed E-state index contributed by atoms with van der Waals surface area (Å²) in [6, 6.07) is 0.362. The molecule has 0 aromatic carbocycles. The first-order valence-corrected chi connectivity index (χ1v) is 6.68. The molecule has 0 aliphatic carbocycles. The Morgan fingerprint density at radius 1 is 1.40 bits per heavy atom. The van der Waals surface area contributed by atoms with E-state index in [1.807, 2.05) is 11.8 Å². The third kappa shape index (κ3) is 4.06. The SMILES string of the molecule is CC(N=C1NC(C)(C)CCS1)C(C)(C)C. The van der Waals surface area contributed by atoms with Crippen LogP contribution in [0.1, 0.15) is 48.0 Å². The van der Waals surface area contributed by atoms with Crippen LogP contribution in [0.5, 0.6) is 0 Å². The lowest BCUT2D eigenvalue weighted by atomic mass is 9.89. The molecule has 1 aliphatic rings. The molecule has 0 amide bonds. The fourth-order valence-corrected chi connectivity index (χ4v) is 2.62. The van der Waals surface area contributed by atoms with E-state index >= 15 is 0 Å². The summed E-state index contributed by atoms with van der Waals surface area (Å²) in [5.74, 6) is 1.18. The van der Waals surface area contributed by atoms with Gasteiger partial charge in [-0.2, -0.15) is 0 Å². The van der Waals surface area contributed by atoms with Gasteiger partial charge in [0.1, 0.15) is 0 Å². The number of hydrogen-bond donors (Lipinski definition) is 1. The number of hydrogen-bond acceptors (Lipinski definition) is 2. The molecule has 0 saturated carbocycles. The molecular formula is C12H24N2S. The highest BCUT2D eigenvalue weighted by atomic mass is 32.2. The Balaban J connectivity index is 2.67. The Kier molecular flexibility index (Phi) is 3.75. The van der Waals surface area contributed by atoms with Crippen molar-refractivity contribution in [3.63, 3.8) is 0 Å². The molecule has 1 fully saturated rings. The average Bonchev–Trinajstić information content (AvgIpc) is 2.00. The molecule has 1 aliphatic heterocycles. The Labute approximate surface area is 98.3 Å². The van der Waals surface area contributed by atoms with Crippen LogP contribution in [-0.4, -0.2) is 22.5 Å². The zero-order chi connectivity index (χ0) is 11.7. The van der Waals surface area contributed by atoms with Crippen LogP contribution in [0.25, 0.3) is 0 Å². The quantitative estimate of drug-likeness (QED) is 0.745. The number of nitrogens with zero attached hydrogens (tertiary/aromatic N) is 1. The van der Waals surface area contributed by atoms with Gasteiger partial charge < -0.3 is 5.32 Å². The van der Waals surface area contributed by atoms with E-state index < -0.39 is 0 Å². The van der Waals surface area contributed by atoms with Crippen molar-refractivity contribution in [1.29, 1.82) is 0 Å². The molecule has 3 heteroatoms. The number of nitrogens with one attached hydrogen (secondary N) is 1. The topological polar surface area (TPSA) is 24.4 Å². The first-order valence-electron chi connectivity index (χ1n) is 5.69. The van der Waals surface area contributed by atoms with Crippen LogP contribution in [0.15, 0.2) is 4.99 Å².